The van der Waals surface area contributed by atoms with Gasteiger partial charge in [0, 0.05) is 6.42 Å². The van der Waals surface area contributed by atoms with Crippen LogP contribution < -0.4 is 0 Å². The van der Waals surface area contributed by atoms with Gasteiger partial charge < -0.3 is 9.84 Å². The van der Waals surface area contributed by atoms with E-state index in [1.54, 1.807) is 6.92 Å². The zero-order valence-corrected chi connectivity index (χ0v) is 13.0. The molecule has 1 unspecified atom stereocenters. The SMILES string of the molecule is CC(C)CC(C)(C)CC(=O)OC(C)(C)CC(C)O. The number of hydrogen-bond donors (Lipinski definition) is 1. The van der Waals surface area contributed by atoms with Crippen LogP contribution in [0.4, 0.5) is 0 Å². The van der Waals surface area contributed by atoms with Crippen molar-refractivity contribution in [2.45, 2.75) is 79.4 Å². The molecule has 0 aromatic carbocycles. The van der Waals surface area contributed by atoms with E-state index in [-0.39, 0.29) is 11.4 Å². The summed E-state index contributed by atoms with van der Waals surface area (Å²) in [7, 11) is 0. The molecule has 0 fully saturated rings. The van der Waals surface area contributed by atoms with Gasteiger partial charge in [0.15, 0.2) is 0 Å². The third-order valence-corrected chi connectivity index (χ3v) is 2.76. The molecule has 0 amide bonds. The van der Waals surface area contributed by atoms with Crippen molar-refractivity contribution >= 4 is 5.97 Å². The summed E-state index contributed by atoms with van der Waals surface area (Å²) in [5.41, 5.74) is -0.634. The molecule has 0 spiro atoms. The molecule has 3 heteroatoms. The molecule has 0 aliphatic heterocycles. The molecule has 3 nitrogen and oxygen atoms in total. The van der Waals surface area contributed by atoms with Crippen LogP contribution in [0.15, 0.2) is 0 Å². The van der Waals surface area contributed by atoms with Gasteiger partial charge in [-0.15, -0.1) is 0 Å². The highest BCUT2D eigenvalue weighted by atomic mass is 16.6. The van der Waals surface area contributed by atoms with Crippen molar-refractivity contribution < 1.29 is 14.6 Å². The molecule has 1 N–H and O–H groups in total. The van der Waals surface area contributed by atoms with Gasteiger partial charge in [-0.1, -0.05) is 27.7 Å². The number of carbonyl (C=O) groups excluding carboxylic acids is 1. The minimum absolute atomic E-state index is 0.0356. The van der Waals surface area contributed by atoms with Crippen LogP contribution in [0.2, 0.25) is 0 Å². The van der Waals surface area contributed by atoms with Gasteiger partial charge in [-0.2, -0.15) is 0 Å². The largest absolute Gasteiger partial charge is 0.460 e. The molecule has 108 valence electrons. The van der Waals surface area contributed by atoms with Crippen molar-refractivity contribution in [1.82, 2.24) is 0 Å². The lowest BCUT2D eigenvalue weighted by atomic mass is 9.81. The number of aliphatic hydroxyl groups excluding tert-OH is 1. The lowest BCUT2D eigenvalue weighted by Crippen LogP contribution is -2.33. The summed E-state index contributed by atoms with van der Waals surface area (Å²) in [4.78, 5) is 11.9. The van der Waals surface area contributed by atoms with Crippen molar-refractivity contribution in [3.8, 4) is 0 Å². The molecule has 18 heavy (non-hydrogen) atoms. The number of carbonyl (C=O) groups is 1. The Hall–Kier alpha value is -0.570. The number of ether oxygens (including phenoxy) is 1. The van der Waals surface area contributed by atoms with Gasteiger partial charge in [0.25, 0.3) is 0 Å². The van der Waals surface area contributed by atoms with E-state index in [0.717, 1.165) is 6.42 Å². The van der Waals surface area contributed by atoms with Gasteiger partial charge in [-0.05, 0) is 38.5 Å². The summed E-state index contributed by atoms with van der Waals surface area (Å²) >= 11 is 0. The number of aliphatic hydroxyl groups is 1. The standard InChI is InChI=1S/C15H30O3/c1-11(2)8-14(4,5)10-13(17)18-15(6,7)9-12(3)16/h11-12,16H,8-10H2,1-7H3. The quantitative estimate of drug-likeness (QED) is 0.710. The lowest BCUT2D eigenvalue weighted by Gasteiger charge is -2.30. The fraction of sp³-hybridized carbons (Fsp3) is 0.933. The van der Waals surface area contributed by atoms with Gasteiger partial charge in [0.05, 0.1) is 12.5 Å². The molecule has 0 saturated heterocycles. The molecule has 0 aliphatic carbocycles. The number of rotatable bonds is 7. The van der Waals surface area contributed by atoms with Crippen molar-refractivity contribution in [3.05, 3.63) is 0 Å². The Bertz CT molecular complexity index is 239. The molecule has 0 aromatic heterocycles. The summed E-state index contributed by atoms with van der Waals surface area (Å²) in [6.45, 7) is 13.9. The van der Waals surface area contributed by atoms with E-state index in [1.165, 1.54) is 0 Å². The fourth-order valence-corrected chi connectivity index (χ4v) is 2.67. The van der Waals surface area contributed by atoms with Crippen molar-refractivity contribution in [2.75, 3.05) is 0 Å². The fourth-order valence-electron chi connectivity index (χ4n) is 2.67. The van der Waals surface area contributed by atoms with Gasteiger partial charge in [-0.25, -0.2) is 0 Å². The van der Waals surface area contributed by atoms with Crippen LogP contribution in [0.1, 0.15) is 67.7 Å². The summed E-state index contributed by atoms with van der Waals surface area (Å²) in [5.74, 6) is 0.393. The average molecular weight is 258 g/mol. The minimum Gasteiger partial charge on any atom is -0.460 e. The Morgan fingerprint density at radius 2 is 1.61 bits per heavy atom. The molecule has 0 aromatic rings. The highest BCUT2D eigenvalue weighted by Crippen LogP contribution is 2.30. The van der Waals surface area contributed by atoms with E-state index in [0.29, 0.717) is 18.8 Å². The number of hydrogen-bond acceptors (Lipinski definition) is 3. The summed E-state index contributed by atoms with van der Waals surface area (Å²) in [6, 6.07) is 0. The van der Waals surface area contributed by atoms with Crippen LogP contribution in [0.3, 0.4) is 0 Å². The van der Waals surface area contributed by atoms with E-state index in [4.69, 9.17) is 4.74 Å². The van der Waals surface area contributed by atoms with Crippen LogP contribution >= 0.6 is 0 Å². The van der Waals surface area contributed by atoms with Crippen molar-refractivity contribution in [2.24, 2.45) is 11.3 Å². The summed E-state index contributed by atoms with van der Waals surface area (Å²) in [5, 5.41) is 9.36. The Morgan fingerprint density at radius 1 is 1.11 bits per heavy atom. The second kappa shape index (κ2) is 6.55. The average Bonchev–Trinajstić information content (AvgIpc) is 1.92. The molecule has 0 aliphatic rings. The van der Waals surface area contributed by atoms with Crippen LogP contribution in [0.25, 0.3) is 0 Å². The Balaban J connectivity index is 4.34. The Labute approximate surface area is 112 Å². The topological polar surface area (TPSA) is 46.5 Å². The van der Waals surface area contributed by atoms with Gasteiger partial charge in [-0.3, -0.25) is 4.79 Å². The van der Waals surface area contributed by atoms with Gasteiger partial charge in [0.1, 0.15) is 5.60 Å². The van der Waals surface area contributed by atoms with E-state index in [1.807, 2.05) is 13.8 Å². The van der Waals surface area contributed by atoms with Crippen LogP contribution in [0.5, 0.6) is 0 Å². The van der Waals surface area contributed by atoms with Crippen LogP contribution in [-0.4, -0.2) is 22.8 Å². The molecule has 0 heterocycles. The monoisotopic (exact) mass is 258 g/mol. The summed E-state index contributed by atoms with van der Waals surface area (Å²) < 4.78 is 5.47. The first-order valence-corrected chi connectivity index (χ1v) is 6.83. The van der Waals surface area contributed by atoms with E-state index >= 15 is 0 Å². The third-order valence-electron chi connectivity index (χ3n) is 2.76. The maximum Gasteiger partial charge on any atom is 0.306 e. The number of esters is 1. The Kier molecular flexibility index (Phi) is 6.35. The maximum absolute atomic E-state index is 11.9. The van der Waals surface area contributed by atoms with Gasteiger partial charge in [0.2, 0.25) is 0 Å². The molecule has 0 rings (SSSR count). The normalized spacial score (nSPS) is 14.7. The first-order valence-electron chi connectivity index (χ1n) is 6.83. The third kappa shape index (κ3) is 8.51. The lowest BCUT2D eigenvalue weighted by molar-refractivity contribution is -0.161. The second-order valence-corrected chi connectivity index (χ2v) is 7.23. The zero-order valence-electron chi connectivity index (χ0n) is 13.0. The highest BCUT2D eigenvalue weighted by Gasteiger charge is 2.29. The van der Waals surface area contributed by atoms with Crippen LogP contribution in [0, 0.1) is 11.3 Å². The minimum atomic E-state index is -0.598. The smallest absolute Gasteiger partial charge is 0.306 e. The summed E-state index contributed by atoms with van der Waals surface area (Å²) in [6.07, 6.45) is 1.42. The molecule has 0 saturated carbocycles. The predicted molar refractivity (Wildman–Crippen MR) is 74.3 cm³/mol. The predicted octanol–water partition coefficient (Wildman–Crippen LogP) is 3.54. The highest BCUT2D eigenvalue weighted by molar-refractivity contribution is 5.70. The van der Waals surface area contributed by atoms with E-state index in [2.05, 4.69) is 27.7 Å². The van der Waals surface area contributed by atoms with Gasteiger partial charge >= 0.3 is 5.97 Å². The molecular formula is C15H30O3. The van der Waals surface area contributed by atoms with Crippen molar-refractivity contribution in [3.63, 3.8) is 0 Å². The van der Waals surface area contributed by atoms with Crippen molar-refractivity contribution in [1.29, 1.82) is 0 Å². The molecule has 1 atom stereocenters. The maximum atomic E-state index is 11.9. The molecule has 0 radical (unpaired) electrons. The van der Waals surface area contributed by atoms with E-state index < -0.39 is 11.7 Å². The Morgan fingerprint density at radius 3 is 2.00 bits per heavy atom. The second-order valence-electron chi connectivity index (χ2n) is 7.23. The first-order chi connectivity index (χ1) is 7.93. The van der Waals surface area contributed by atoms with Crippen LogP contribution in [-0.2, 0) is 9.53 Å². The first kappa shape index (κ1) is 17.4. The molecular weight excluding hydrogens is 228 g/mol. The zero-order chi connectivity index (χ0) is 14.6. The molecule has 0 bridgehead atoms. The van der Waals surface area contributed by atoms with E-state index in [9.17, 15) is 9.90 Å².